The Hall–Kier alpha value is 0.310. The molecule has 1 unspecified atom stereocenters. The van der Waals surface area contributed by atoms with Crippen molar-refractivity contribution in [1.82, 2.24) is 4.90 Å². The minimum Gasteiger partial charge on any atom is -0.302 e. The van der Waals surface area contributed by atoms with E-state index in [0.29, 0.717) is 0 Å². The van der Waals surface area contributed by atoms with E-state index in [-0.39, 0.29) is 0 Å². The molecule has 1 saturated carbocycles. The fourth-order valence-corrected chi connectivity index (χ4v) is 2.80. The lowest BCUT2D eigenvalue weighted by Gasteiger charge is -2.31. The van der Waals surface area contributed by atoms with Gasteiger partial charge in [-0.05, 0) is 44.4 Å². The van der Waals surface area contributed by atoms with Gasteiger partial charge in [0.15, 0.2) is 0 Å². The molecule has 70 valence electrons. The lowest BCUT2D eigenvalue weighted by atomic mass is 10.1. The molecule has 1 aliphatic carbocycles. The molecular formula is C10H19NS. The zero-order valence-electron chi connectivity index (χ0n) is 7.96. The highest BCUT2D eigenvalue weighted by Crippen LogP contribution is 2.31. The van der Waals surface area contributed by atoms with Gasteiger partial charge in [0.05, 0.1) is 0 Å². The molecule has 0 amide bonds. The van der Waals surface area contributed by atoms with E-state index in [9.17, 15) is 0 Å². The molecular weight excluding hydrogens is 166 g/mol. The third kappa shape index (κ3) is 2.40. The van der Waals surface area contributed by atoms with Crippen LogP contribution in [0.2, 0.25) is 0 Å². The number of likely N-dealkylation sites (tertiary alicyclic amines) is 1. The van der Waals surface area contributed by atoms with Crippen molar-refractivity contribution >= 4 is 11.8 Å². The summed E-state index contributed by atoms with van der Waals surface area (Å²) in [5.41, 5.74) is 0. The Morgan fingerprint density at radius 3 is 2.83 bits per heavy atom. The van der Waals surface area contributed by atoms with Crippen LogP contribution < -0.4 is 0 Å². The van der Waals surface area contributed by atoms with Crippen LogP contribution >= 0.6 is 11.8 Å². The number of thioether (sulfide) groups is 1. The maximum absolute atomic E-state index is 2.68. The summed E-state index contributed by atoms with van der Waals surface area (Å²) in [7, 11) is 0. The first kappa shape index (κ1) is 8.89. The van der Waals surface area contributed by atoms with Gasteiger partial charge in [0, 0.05) is 18.3 Å². The standard InChI is InChI=1S/C10H19NS/c1-12-10-3-2-6-11(8-10)7-9-4-5-9/h9-10H,2-8H2,1H3. The third-order valence-corrected chi connectivity index (χ3v) is 4.06. The first-order valence-electron chi connectivity index (χ1n) is 5.13. The number of hydrogen-bond acceptors (Lipinski definition) is 2. The molecule has 2 heteroatoms. The van der Waals surface area contributed by atoms with Gasteiger partial charge in [-0.1, -0.05) is 0 Å². The fraction of sp³-hybridized carbons (Fsp3) is 1.00. The molecule has 2 rings (SSSR count). The topological polar surface area (TPSA) is 3.24 Å². The van der Waals surface area contributed by atoms with Crippen LogP contribution in [0.4, 0.5) is 0 Å². The van der Waals surface area contributed by atoms with Crippen LogP contribution in [-0.4, -0.2) is 36.0 Å². The van der Waals surface area contributed by atoms with Gasteiger partial charge in [0.2, 0.25) is 0 Å². The van der Waals surface area contributed by atoms with E-state index in [1.807, 2.05) is 0 Å². The molecule has 2 fully saturated rings. The van der Waals surface area contributed by atoms with Gasteiger partial charge in [-0.15, -0.1) is 0 Å². The maximum atomic E-state index is 2.68. The van der Waals surface area contributed by atoms with Crippen LogP contribution in [0.25, 0.3) is 0 Å². The monoisotopic (exact) mass is 185 g/mol. The zero-order valence-corrected chi connectivity index (χ0v) is 8.78. The second-order valence-electron chi connectivity index (χ2n) is 4.20. The van der Waals surface area contributed by atoms with Gasteiger partial charge in [0.1, 0.15) is 0 Å². The Morgan fingerprint density at radius 1 is 1.33 bits per heavy atom. The molecule has 0 aromatic heterocycles. The predicted molar refractivity (Wildman–Crippen MR) is 55.7 cm³/mol. The molecule has 0 N–H and O–H groups in total. The molecule has 0 bridgehead atoms. The highest BCUT2D eigenvalue weighted by atomic mass is 32.2. The van der Waals surface area contributed by atoms with Gasteiger partial charge in [0.25, 0.3) is 0 Å². The number of nitrogens with zero attached hydrogens (tertiary/aromatic N) is 1. The number of piperidine rings is 1. The Balaban J connectivity index is 1.73. The Kier molecular flexibility index (Phi) is 2.97. The van der Waals surface area contributed by atoms with E-state index < -0.39 is 0 Å². The molecule has 0 radical (unpaired) electrons. The summed E-state index contributed by atoms with van der Waals surface area (Å²) in [5.74, 6) is 1.07. The molecule has 1 aliphatic heterocycles. The van der Waals surface area contributed by atoms with Gasteiger partial charge >= 0.3 is 0 Å². The molecule has 0 aromatic carbocycles. The van der Waals surface area contributed by atoms with Crippen molar-refractivity contribution in [2.75, 3.05) is 25.9 Å². The van der Waals surface area contributed by atoms with E-state index in [1.165, 1.54) is 45.3 Å². The van der Waals surface area contributed by atoms with Crippen molar-refractivity contribution in [1.29, 1.82) is 0 Å². The van der Waals surface area contributed by atoms with Crippen molar-refractivity contribution in [3.63, 3.8) is 0 Å². The van der Waals surface area contributed by atoms with E-state index in [4.69, 9.17) is 0 Å². The fourth-order valence-electron chi connectivity index (χ4n) is 2.04. The van der Waals surface area contributed by atoms with Crippen LogP contribution in [0.5, 0.6) is 0 Å². The molecule has 1 saturated heterocycles. The predicted octanol–water partition coefficient (Wildman–Crippen LogP) is 2.22. The summed E-state index contributed by atoms with van der Waals surface area (Å²) in [6, 6.07) is 0. The summed E-state index contributed by atoms with van der Waals surface area (Å²) >= 11 is 2.06. The molecule has 1 atom stereocenters. The van der Waals surface area contributed by atoms with E-state index in [1.54, 1.807) is 0 Å². The van der Waals surface area contributed by atoms with Crippen molar-refractivity contribution in [2.45, 2.75) is 30.9 Å². The Bertz CT molecular complexity index is 145. The molecule has 2 aliphatic rings. The first-order chi connectivity index (χ1) is 5.88. The normalized spacial score (nSPS) is 32.2. The van der Waals surface area contributed by atoms with Crippen LogP contribution in [0, 0.1) is 5.92 Å². The summed E-state index contributed by atoms with van der Waals surface area (Å²) in [4.78, 5) is 2.68. The highest BCUT2D eigenvalue weighted by Gasteiger charge is 2.27. The van der Waals surface area contributed by atoms with Crippen molar-refractivity contribution in [3.8, 4) is 0 Å². The third-order valence-electron chi connectivity index (χ3n) is 3.01. The van der Waals surface area contributed by atoms with Gasteiger partial charge in [-0.2, -0.15) is 11.8 Å². The average molecular weight is 185 g/mol. The van der Waals surface area contributed by atoms with E-state index >= 15 is 0 Å². The second kappa shape index (κ2) is 4.01. The first-order valence-corrected chi connectivity index (χ1v) is 6.42. The van der Waals surface area contributed by atoms with Crippen molar-refractivity contribution in [3.05, 3.63) is 0 Å². The van der Waals surface area contributed by atoms with Gasteiger partial charge in [-0.25, -0.2) is 0 Å². The lowest BCUT2D eigenvalue weighted by molar-refractivity contribution is 0.225. The smallest absolute Gasteiger partial charge is 0.0172 e. The largest absolute Gasteiger partial charge is 0.302 e. The second-order valence-corrected chi connectivity index (χ2v) is 5.34. The summed E-state index contributed by atoms with van der Waals surface area (Å²) in [6.07, 6.45) is 8.13. The van der Waals surface area contributed by atoms with Crippen molar-refractivity contribution in [2.24, 2.45) is 5.92 Å². The molecule has 1 heterocycles. The Labute approximate surface area is 79.9 Å². The Morgan fingerprint density at radius 2 is 2.17 bits per heavy atom. The van der Waals surface area contributed by atoms with Gasteiger partial charge in [-0.3, -0.25) is 0 Å². The van der Waals surface area contributed by atoms with Crippen LogP contribution in [-0.2, 0) is 0 Å². The van der Waals surface area contributed by atoms with Gasteiger partial charge < -0.3 is 4.90 Å². The lowest BCUT2D eigenvalue weighted by Crippen LogP contribution is -2.37. The zero-order chi connectivity index (χ0) is 8.39. The minimum absolute atomic E-state index is 0.928. The maximum Gasteiger partial charge on any atom is 0.0172 e. The number of hydrogen-bond donors (Lipinski definition) is 0. The van der Waals surface area contributed by atoms with Crippen LogP contribution in [0.3, 0.4) is 0 Å². The highest BCUT2D eigenvalue weighted by molar-refractivity contribution is 7.99. The van der Waals surface area contributed by atoms with Crippen LogP contribution in [0.15, 0.2) is 0 Å². The minimum atomic E-state index is 0.928. The van der Waals surface area contributed by atoms with Crippen molar-refractivity contribution < 1.29 is 0 Å². The summed E-state index contributed by atoms with van der Waals surface area (Å²) in [6.45, 7) is 4.13. The average Bonchev–Trinajstić information content (AvgIpc) is 2.89. The summed E-state index contributed by atoms with van der Waals surface area (Å²) < 4.78 is 0. The van der Waals surface area contributed by atoms with Crippen LogP contribution in [0.1, 0.15) is 25.7 Å². The molecule has 12 heavy (non-hydrogen) atoms. The SMILES string of the molecule is CSC1CCCN(CC2CC2)C1. The molecule has 1 nitrogen and oxygen atoms in total. The van der Waals surface area contributed by atoms with E-state index in [2.05, 4.69) is 22.9 Å². The van der Waals surface area contributed by atoms with E-state index in [0.717, 1.165) is 11.2 Å². The summed E-state index contributed by atoms with van der Waals surface area (Å²) in [5, 5.41) is 0.928. The number of rotatable bonds is 3. The quantitative estimate of drug-likeness (QED) is 0.663. The molecule has 0 aromatic rings. The molecule has 0 spiro atoms.